The van der Waals surface area contributed by atoms with Crippen LogP contribution in [0.5, 0.6) is 0 Å². The van der Waals surface area contributed by atoms with Crippen molar-refractivity contribution in [1.82, 2.24) is 0 Å². The van der Waals surface area contributed by atoms with Crippen LogP contribution in [-0.4, -0.2) is 33.7 Å². The van der Waals surface area contributed by atoms with E-state index in [0.29, 0.717) is 13.2 Å². The maximum Gasteiger partial charge on any atom is 0.335 e. The number of unbranched alkanes of at least 4 members (excludes halogenated alkanes) is 2. The van der Waals surface area contributed by atoms with E-state index in [9.17, 15) is 4.79 Å². The highest BCUT2D eigenvalue weighted by Crippen LogP contribution is 2.19. The lowest BCUT2D eigenvalue weighted by atomic mass is 10.2. The van der Waals surface area contributed by atoms with Crippen LogP contribution in [0, 0.1) is 0 Å². The Balaban J connectivity index is 4.19. The van der Waals surface area contributed by atoms with Gasteiger partial charge >= 0.3 is 8.56 Å². The van der Waals surface area contributed by atoms with Gasteiger partial charge in [-0.2, -0.15) is 0 Å². The normalized spacial score (nSPS) is 16.5. The smallest absolute Gasteiger partial charge is 0.335 e. The summed E-state index contributed by atoms with van der Waals surface area (Å²) in [7, 11) is -2.27. The van der Waals surface area contributed by atoms with E-state index in [1.165, 1.54) is 0 Å². The fourth-order valence-corrected chi connectivity index (χ4v) is 4.37. The monoisotopic (exact) mass is 262 g/mol. The first-order chi connectivity index (χ1) is 7.95. The molecule has 17 heavy (non-hydrogen) atoms. The molecule has 0 radical (unpaired) electrons. The van der Waals surface area contributed by atoms with Gasteiger partial charge in [-0.3, -0.25) is 4.79 Å². The predicted octanol–water partition coefficient (Wildman–Crippen LogP) is 1.11. The Kier molecular flexibility index (Phi) is 8.41. The molecule has 0 spiro atoms. The van der Waals surface area contributed by atoms with Gasteiger partial charge in [0, 0.05) is 6.61 Å². The summed E-state index contributed by atoms with van der Waals surface area (Å²) in [5.41, 5.74) is 10.6. The van der Waals surface area contributed by atoms with Gasteiger partial charge in [-0.25, -0.2) is 0 Å². The molecule has 2 unspecified atom stereocenters. The zero-order chi connectivity index (χ0) is 13.3. The summed E-state index contributed by atoms with van der Waals surface area (Å²) >= 11 is 0. The molecule has 0 fully saturated rings. The molecule has 5 nitrogen and oxygen atoms in total. The van der Waals surface area contributed by atoms with E-state index in [4.69, 9.17) is 20.3 Å². The molecule has 0 aliphatic heterocycles. The number of carbonyl (C=O) groups excluding carboxylic acids is 1. The van der Waals surface area contributed by atoms with Gasteiger partial charge in [0.15, 0.2) is 0 Å². The van der Waals surface area contributed by atoms with Crippen LogP contribution in [0.1, 0.15) is 33.1 Å². The summed E-state index contributed by atoms with van der Waals surface area (Å²) < 4.78 is 11.4. The van der Waals surface area contributed by atoms with Gasteiger partial charge in [0.05, 0.1) is 0 Å². The fourth-order valence-electron chi connectivity index (χ4n) is 1.67. The van der Waals surface area contributed by atoms with Crippen molar-refractivity contribution < 1.29 is 13.6 Å². The van der Waals surface area contributed by atoms with E-state index in [1.54, 1.807) is 6.92 Å². The minimum absolute atomic E-state index is 0.439. The van der Waals surface area contributed by atoms with Gasteiger partial charge in [-0.05, 0) is 39.4 Å². The molecule has 0 bridgehead atoms. The second-order valence-corrected chi connectivity index (χ2v) is 7.62. The highest BCUT2D eigenvalue weighted by atomic mass is 28.4. The zero-order valence-corrected chi connectivity index (χ0v) is 12.2. The zero-order valence-electron chi connectivity index (χ0n) is 11.2. The summed E-state index contributed by atoms with van der Waals surface area (Å²) in [4.78, 5) is 11.0. The molecule has 0 saturated heterocycles. The van der Waals surface area contributed by atoms with E-state index in [0.717, 1.165) is 25.3 Å². The minimum atomic E-state index is -2.27. The molecule has 0 rings (SSSR count). The van der Waals surface area contributed by atoms with Crippen molar-refractivity contribution in [2.75, 3.05) is 13.2 Å². The maximum absolute atomic E-state index is 11.0. The lowest BCUT2D eigenvalue weighted by Crippen LogP contribution is -2.45. The van der Waals surface area contributed by atoms with Gasteiger partial charge in [0.25, 0.3) is 0 Å². The molecular formula is C11H26N2O3Si. The second-order valence-electron chi connectivity index (χ2n) is 4.33. The van der Waals surface area contributed by atoms with Crippen LogP contribution in [0.25, 0.3) is 0 Å². The molecule has 6 heteroatoms. The first kappa shape index (κ1) is 16.6. The van der Waals surface area contributed by atoms with Crippen molar-refractivity contribution in [2.45, 2.75) is 51.8 Å². The number of carbonyl (C=O) groups is 1. The van der Waals surface area contributed by atoms with Crippen LogP contribution in [0.15, 0.2) is 0 Å². The summed E-state index contributed by atoms with van der Waals surface area (Å²) in [6, 6.07) is 0.873. The molecule has 0 aromatic heterocycles. The Hall–Kier alpha value is -0.433. The average Bonchev–Trinajstić information content (AvgIpc) is 2.24. The van der Waals surface area contributed by atoms with Gasteiger partial charge in [0.2, 0.25) is 5.91 Å². The number of nitrogens with two attached hydrogens (primary N) is 2. The minimum Gasteiger partial charge on any atom is -0.395 e. The van der Waals surface area contributed by atoms with Crippen molar-refractivity contribution in [3.63, 3.8) is 0 Å². The molecule has 0 aliphatic rings. The maximum atomic E-state index is 11.0. The molecule has 0 saturated carbocycles. The first-order valence-corrected chi connectivity index (χ1v) is 8.78. The molecule has 0 aromatic rings. The van der Waals surface area contributed by atoms with Crippen molar-refractivity contribution in [1.29, 1.82) is 0 Å². The fraction of sp³-hybridized carbons (Fsp3) is 0.909. The van der Waals surface area contributed by atoms with E-state index < -0.39 is 20.6 Å². The number of rotatable bonds is 10. The average molecular weight is 262 g/mol. The quantitative estimate of drug-likeness (QED) is 0.456. The molecule has 4 N–H and O–H groups in total. The van der Waals surface area contributed by atoms with Crippen LogP contribution < -0.4 is 11.5 Å². The second kappa shape index (κ2) is 8.63. The summed E-state index contributed by atoms with van der Waals surface area (Å²) in [5, 5.41) is 0. The summed E-state index contributed by atoms with van der Waals surface area (Å²) in [6.07, 6.45) is 2.53. The third-order valence-electron chi connectivity index (χ3n) is 2.61. The molecule has 2 atom stereocenters. The van der Waals surface area contributed by atoms with E-state index in [-0.39, 0.29) is 0 Å². The number of primary amides is 1. The predicted molar refractivity (Wildman–Crippen MR) is 70.7 cm³/mol. The standard InChI is InChI=1S/C11H26N2O3Si/c1-4-15-17(3,9-7-5-6-8-12)16-10(2)11(13)14/h10H,4-9,12H2,1-3H3,(H2,13,14). The Morgan fingerprint density at radius 2 is 2.00 bits per heavy atom. The number of amides is 1. The lowest BCUT2D eigenvalue weighted by Gasteiger charge is -2.28. The third-order valence-corrected chi connectivity index (χ3v) is 5.62. The van der Waals surface area contributed by atoms with Gasteiger partial charge in [0.1, 0.15) is 6.10 Å². The summed E-state index contributed by atoms with van der Waals surface area (Å²) in [5.74, 6) is -0.439. The van der Waals surface area contributed by atoms with Crippen LogP contribution in [0.2, 0.25) is 12.6 Å². The van der Waals surface area contributed by atoms with E-state index in [2.05, 4.69) is 0 Å². The molecular weight excluding hydrogens is 236 g/mol. The van der Waals surface area contributed by atoms with Gasteiger partial charge < -0.3 is 20.3 Å². The van der Waals surface area contributed by atoms with Gasteiger partial charge in [-0.1, -0.05) is 12.8 Å². The van der Waals surface area contributed by atoms with Crippen LogP contribution >= 0.6 is 0 Å². The molecule has 0 heterocycles. The summed E-state index contributed by atoms with van der Waals surface area (Å²) in [6.45, 7) is 6.91. The van der Waals surface area contributed by atoms with Crippen molar-refractivity contribution in [2.24, 2.45) is 11.5 Å². The SMILES string of the molecule is CCO[Si](C)(CCCCCN)OC(C)C(N)=O. The number of hydrogen-bond donors (Lipinski definition) is 2. The van der Waals surface area contributed by atoms with E-state index in [1.807, 2.05) is 13.5 Å². The number of hydrogen-bond acceptors (Lipinski definition) is 4. The Bertz CT molecular complexity index is 229. The topological polar surface area (TPSA) is 87.6 Å². The van der Waals surface area contributed by atoms with Crippen molar-refractivity contribution >= 4 is 14.5 Å². The third kappa shape index (κ3) is 7.48. The van der Waals surface area contributed by atoms with E-state index >= 15 is 0 Å². The Morgan fingerprint density at radius 3 is 2.47 bits per heavy atom. The largest absolute Gasteiger partial charge is 0.395 e. The van der Waals surface area contributed by atoms with Crippen molar-refractivity contribution in [3.05, 3.63) is 0 Å². The molecule has 102 valence electrons. The van der Waals surface area contributed by atoms with Crippen LogP contribution in [0.3, 0.4) is 0 Å². The molecule has 0 aromatic carbocycles. The van der Waals surface area contributed by atoms with Gasteiger partial charge in [-0.15, -0.1) is 0 Å². The van der Waals surface area contributed by atoms with Crippen LogP contribution in [-0.2, 0) is 13.6 Å². The van der Waals surface area contributed by atoms with Crippen molar-refractivity contribution in [3.8, 4) is 0 Å². The highest BCUT2D eigenvalue weighted by molar-refractivity contribution is 6.66. The Morgan fingerprint density at radius 1 is 1.35 bits per heavy atom. The lowest BCUT2D eigenvalue weighted by molar-refractivity contribution is -0.125. The first-order valence-electron chi connectivity index (χ1n) is 6.26. The molecule has 0 aliphatic carbocycles. The van der Waals surface area contributed by atoms with Crippen LogP contribution in [0.4, 0.5) is 0 Å². The molecule has 1 amide bonds. The Labute approximate surface area is 105 Å². The highest BCUT2D eigenvalue weighted by Gasteiger charge is 2.33.